The van der Waals surface area contributed by atoms with Crippen molar-refractivity contribution < 1.29 is 18.0 Å². The fraction of sp³-hybridized carbons (Fsp3) is 0.615. The van der Waals surface area contributed by atoms with E-state index in [0.717, 1.165) is 25.9 Å². The molecule has 4 nitrogen and oxygen atoms in total. The molecule has 1 N–H and O–H groups in total. The Morgan fingerprint density at radius 2 is 2.10 bits per heavy atom. The zero-order valence-corrected chi connectivity index (χ0v) is 11.3. The topological polar surface area (TPSA) is 37.3 Å². The SMILES string of the molecule is CN(CC(F)(F)F)C(=O)c1cccn1C1CCNCC1. The van der Waals surface area contributed by atoms with Gasteiger partial charge in [-0.2, -0.15) is 13.2 Å². The van der Waals surface area contributed by atoms with E-state index in [1.54, 1.807) is 22.9 Å². The Morgan fingerprint density at radius 3 is 2.70 bits per heavy atom. The number of carbonyl (C=O) groups excluding carboxylic acids is 1. The molecule has 1 saturated heterocycles. The lowest BCUT2D eigenvalue weighted by Gasteiger charge is -2.27. The Bertz CT molecular complexity index is 464. The molecule has 1 aliphatic heterocycles. The second-order valence-corrected chi connectivity index (χ2v) is 5.06. The number of nitrogens with zero attached hydrogens (tertiary/aromatic N) is 2. The van der Waals surface area contributed by atoms with Crippen molar-refractivity contribution in [2.75, 3.05) is 26.7 Å². The number of halogens is 3. The highest BCUT2D eigenvalue weighted by Gasteiger charge is 2.32. The smallest absolute Gasteiger partial charge is 0.340 e. The van der Waals surface area contributed by atoms with Crippen LogP contribution in [0.1, 0.15) is 29.4 Å². The van der Waals surface area contributed by atoms with Crippen molar-refractivity contribution in [1.82, 2.24) is 14.8 Å². The lowest BCUT2D eigenvalue weighted by Crippen LogP contribution is -2.37. The molecule has 0 radical (unpaired) electrons. The van der Waals surface area contributed by atoms with Gasteiger partial charge in [-0.3, -0.25) is 4.79 Å². The first-order valence-corrected chi connectivity index (χ1v) is 6.58. The first-order chi connectivity index (χ1) is 9.38. The third kappa shape index (κ3) is 3.53. The number of hydrogen-bond acceptors (Lipinski definition) is 2. The van der Waals surface area contributed by atoms with E-state index in [2.05, 4.69) is 5.32 Å². The number of aromatic nitrogens is 1. The van der Waals surface area contributed by atoms with E-state index < -0.39 is 18.6 Å². The molecule has 20 heavy (non-hydrogen) atoms. The molecule has 0 unspecified atom stereocenters. The highest BCUT2D eigenvalue weighted by Crippen LogP contribution is 2.23. The van der Waals surface area contributed by atoms with Crippen LogP contribution in [-0.2, 0) is 0 Å². The Morgan fingerprint density at radius 1 is 1.45 bits per heavy atom. The summed E-state index contributed by atoms with van der Waals surface area (Å²) in [5.74, 6) is -0.592. The minimum Gasteiger partial charge on any atom is -0.340 e. The average Bonchev–Trinajstić information content (AvgIpc) is 2.86. The van der Waals surface area contributed by atoms with Gasteiger partial charge in [0.05, 0.1) is 0 Å². The van der Waals surface area contributed by atoms with Gasteiger partial charge in [0, 0.05) is 19.3 Å². The molecule has 0 spiro atoms. The summed E-state index contributed by atoms with van der Waals surface area (Å²) in [7, 11) is 1.18. The zero-order chi connectivity index (χ0) is 14.8. The summed E-state index contributed by atoms with van der Waals surface area (Å²) in [6, 6.07) is 3.46. The van der Waals surface area contributed by atoms with Gasteiger partial charge >= 0.3 is 6.18 Å². The highest BCUT2D eigenvalue weighted by atomic mass is 19.4. The predicted molar refractivity (Wildman–Crippen MR) is 68.6 cm³/mol. The Kier molecular flexibility index (Phi) is 4.37. The van der Waals surface area contributed by atoms with E-state index in [9.17, 15) is 18.0 Å². The third-order valence-electron chi connectivity index (χ3n) is 3.46. The first kappa shape index (κ1) is 14.9. The van der Waals surface area contributed by atoms with Crippen molar-refractivity contribution in [3.8, 4) is 0 Å². The maximum Gasteiger partial charge on any atom is 0.406 e. The van der Waals surface area contributed by atoms with Crippen molar-refractivity contribution in [2.24, 2.45) is 0 Å². The second kappa shape index (κ2) is 5.87. The molecule has 7 heteroatoms. The summed E-state index contributed by atoms with van der Waals surface area (Å²) in [5.41, 5.74) is 0.323. The average molecular weight is 289 g/mol. The van der Waals surface area contributed by atoms with Crippen LogP contribution in [-0.4, -0.2) is 48.2 Å². The van der Waals surface area contributed by atoms with E-state index in [-0.39, 0.29) is 6.04 Å². The summed E-state index contributed by atoms with van der Waals surface area (Å²) in [5, 5.41) is 3.22. The lowest BCUT2D eigenvalue weighted by atomic mass is 10.1. The molecular formula is C13H18F3N3O. The zero-order valence-electron chi connectivity index (χ0n) is 11.3. The maximum atomic E-state index is 12.4. The predicted octanol–water partition coefficient (Wildman–Crippen LogP) is 2.05. The third-order valence-corrected chi connectivity index (χ3v) is 3.46. The van der Waals surface area contributed by atoms with Gasteiger partial charge in [-0.25, -0.2) is 0 Å². The number of rotatable bonds is 3. The first-order valence-electron chi connectivity index (χ1n) is 6.58. The van der Waals surface area contributed by atoms with Gasteiger partial charge < -0.3 is 14.8 Å². The van der Waals surface area contributed by atoms with Gasteiger partial charge in [-0.15, -0.1) is 0 Å². The summed E-state index contributed by atoms with van der Waals surface area (Å²) in [6.45, 7) is 0.479. The molecule has 1 aromatic rings. The van der Waals surface area contributed by atoms with E-state index in [1.165, 1.54) is 7.05 Å². The van der Waals surface area contributed by atoms with E-state index in [1.807, 2.05) is 0 Å². The summed E-state index contributed by atoms with van der Waals surface area (Å²) in [6.07, 6.45) is -0.864. The van der Waals surface area contributed by atoms with E-state index in [4.69, 9.17) is 0 Å². The van der Waals surface area contributed by atoms with Gasteiger partial charge in [-0.1, -0.05) is 0 Å². The molecule has 0 bridgehead atoms. The van der Waals surface area contributed by atoms with Crippen LogP contribution in [0.2, 0.25) is 0 Å². The molecule has 1 fully saturated rings. The molecule has 1 aromatic heterocycles. The second-order valence-electron chi connectivity index (χ2n) is 5.06. The van der Waals surface area contributed by atoms with Crippen molar-refractivity contribution >= 4 is 5.91 Å². The van der Waals surface area contributed by atoms with Crippen LogP contribution < -0.4 is 5.32 Å². The molecule has 0 aromatic carbocycles. The van der Waals surface area contributed by atoms with E-state index >= 15 is 0 Å². The van der Waals surface area contributed by atoms with Crippen LogP contribution >= 0.6 is 0 Å². The van der Waals surface area contributed by atoms with Crippen molar-refractivity contribution in [3.05, 3.63) is 24.0 Å². The minimum atomic E-state index is -4.38. The van der Waals surface area contributed by atoms with Crippen LogP contribution in [0.3, 0.4) is 0 Å². The van der Waals surface area contributed by atoms with E-state index in [0.29, 0.717) is 10.6 Å². The summed E-state index contributed by atoms with van der Waals surface area (Å²) < 4.78 is 38.9. The largest absolute Gasteiger partial charge is 0.406 e. The Labute approximate surface area is 115 Å². The molecule has 112 valence electrons. The molecule has 0 atom stereocenters. The molecule has 1 amide bonds. The number of carbonyl (C=O) groups is 1. The molecule has 2 heterocycles. The van der Waals surface area contributed by atoms with Crippen LogP contribution in [0.25, 0.3) is 0 Å². The monoisotopic (exact) mass is 289 g/mol. The number of hydrogen-bond donors (Lipinski definition) is 1. The highest BCUT2D eigenvalue weighted by molar-refractivity contribution is 5.92. The van der Waals surface area contributed by atoms with Gasteiger partial charge in [0.25, 0.3) is 5.91 Å². The quantitative estimate of drug-likeness (QED) is 0.924. The summed E-state index contributed by atoms with van der Waals surface area (Å²) >= 11 is 0. The molecule has 2 rings (SSSR count). The van der Waals surface area contributed by atoms with Crippen molar-refractivity contribution in [3.63, 3.8) is 0 Å². The van der Waals surface area contributed by atoms with Crippen LogP contribution in [0, 0.1) is 0 Å². The lowest BCUT2D eigenvalue weighted by molar-refractivity contribution is -0.138. The normalized spacial score (nSPS) is 17.2. The van der Waals surface area contributed by atoms with Crippen LogP contribution in [0.15, 0.2) is 18.3 Å². The van der Waals surface area contributed by atoms with Gasteiger partial charge in [-0.05, 0) is 38.1 Å². The number of alkyl halides is 3. The fourth-order valence-corrected chi connectivity index (χ4v) is 2.51. The molecular weight excluding hydrogens is 271 g/mol. The Hall–Kier alpha value is -1.50. The van der Waals surface area contributed by atoms with Crippen molar-refractivity contribution in [1.29, 1.82) is 0 Å². The number of amides is 1. The maximum absolute atomic E-state index is 12.4. The van der Waals surface area contributed by atoms with Gasteiger partial charge in [0.15, 0.2) is 0 Å². The number of piperidine rings is 1. The molecule has 1 aliphatic rings. The fourth-order valence-electron chi connectivity index (χ4n) is 2.51. The van der Waals surface area contributed by atoms with Crippen LogP contribution in [0.5, 0.6) is 0 Å². The van der Waals surface area contributed by atoms with Crippen LogP contribution in [0.4, 0.5) is 13.2 Å². The molecule has 0 saturated carbocycles. The Balaban J connectivity index is 2.12. The minimum absolute atomic E-state index is 0.171. The standard InChI is InChI=1S/C13H18F3N3O/c1-18(9-13(14,15)16)12(20)11-3-2-8-19(11)10-4-6-17-7-5-10/h2-3,8,10,17H,4-7,9H2,1H3. The molecule has 0 aliphatic carbocycles. The van der Waals surface area contributed by atoms with Crippen molar-refractivity contribution in [2.45, 2.75) is 25.1 Å². The summed E-state index contributed by atoms with van der Waals surface area (Å²) in [4.78, 5) is 12.9. The number of nitrogens with one attached hydrogen (secondary N) is 1. The van der Waals surface area contributed by atoms with Gasteiger partial charge in [0.1, 0.15) is 12.2 Å². The van der Waals surface area contributed by atoms with Gasteiger partial charge in [0.2, 0.25) is 0 Å².